The van der Waals surface area contributed by atoms with E-state index in [1.807, 2.05) is 26.2 Å². The Hall–Kier alpha value is -3.79. The van der Waals surface area contributed by atoms with Crippen molar-refractivity contribution in [1.82, 2.24) is 9.88 Å². The number of nitrogens with zero attached hydrogens (tertiary/aromatic N) is 2. The summed E-state index contributed by atoms with van der Waals surface area (Å²) < 4.78 is 8.35. The third kappa shape index (κ3) is 2.58. The zero-order chi connectivity index (χ0) is 20.9. The summed E-state index contributed by atoms with van der Waals surface area (Å²) in [4.78, 5) is 4.41. The topological polar surface area (TPSA) is 42.5 Å². The second-order valence-electron chi connectivity index (χ2n) is 8.01. The summed E-state index contributed by atoms with van der Waals surface area (Å²) in [5.74, 6) is 0.891. The second kappa shape index (κ2) is 6.88. The molecule has 31 heavy (non-hydrogen) atoms. The molecule has 2 heterocycles. The molecule has 1 N–H and O–H groups in total. The summed E-state index contributed by atoms with van der Waals surface area (Å²) >= 11 is 0. The van der Waals surface area contributed by atoms with Gasteiger partial charge in [0.1, 0.15) is 11.4 Å². The number of hydrogen-bond donors (Lipinski definition) is 1. The lowest BCUT2D eigenvalue weighted by atomic mass is 10.0. The molecule has 0 radical (unpaired) electrons. The molecule has 1 aliphatic carbocycles. The van der Waals surface area contributed by atoms with E-state index >= 15 is 0 Å². The summed E-state index contributed by atoms with van der Waals surface area (Å²) in [5.41, 5.74) is 4.63. The molecular formula is C27H23N3O. The van der Waals surface area contributed by atoms with Crippen LogP contribution in [0.1, 0.15) is 19.4 Å². The first-order valence-electron chi connectivity index (χ1n) is 10.7. The molecule has 0 saturated heterocycles. The van der Waals surface area contributed by atoms with Crippen LogP contribution in [0, 0.1) is 0 Å². The molecule has 0 amide bonds. The van der Waals surface area contributed by atoms with Crippen LogP contribution in [0.25, 0.3) is 43.5 Å². The highest BCUT2D eigenvalue weighted by molar-refractivity contribution is 6.28. The van der Waals surface area contributed by atoms with Gasteiger partial charge in [0.25, 0.3) is 0 Å². The van der Waals surface area contributed by atoms with Crippen molar-refractivity contribution in [2.75, 3.05) is 7.05 Å². The minimum absolute atomic E-state index is 0.245. The highest BCUT2D eigenvalue weighted by Gasteiger charge is 2.22. The maximum atomic E-state index is 5.86. The van der Waals surface area contributed by atoms with Crippen LogP contribution in [-0.2, 0) is 0 Å². The van der Waals surface area contributed by atoms with Gasteiger partial charge in [-0.15, -0.1) is 0 Å². The number of benzene rings is 3. The van der Waals surface area contributed by atoms with Gasteiger partial charge in [-0.3, -0.25) is 4.99 Å². The summed E-state index contributed by atoms with van der Waals surface area (Å²) in [6.07, 6.45) is 13.3. The molecule has 152 valence electrons. The van der Waals surface area contributed by atoms with Crippen LogP contribution in [0.4, 0.5) is 0 Å². The number of rotatable bonds is 3. The molecule has 4 nitrogen and oxygen atoms in total. The standard InChI is InChI=1S/C27H23N3O/c1-3-14-29-27(28-2)18-7-10-20(11-8-18)30-22-6-4-5-17-9-12-21-25(24(17)22)23(30)16-19-13-15-31-26(19)21/h3-10,12-16,20H,11H2,1-2H3,(H,28,29)/b14-3-. The number of allylic oxidation sites excluding steroid dienone is 3. The molecule has 1 unspecified atom stereocenters. The third-order valence-electron chi connectivity index (χ3n) is 6.32. The van der Waals surface area contributed by atoms with Crippen molar-refractivity contribution in [3.63, 3.8) is 0 Å². The van der Waals surface area contributed by atoms with Gasteiger partial charge in [0.05, 0.1) is 23.3 Å². The third-order valence-corrected chi connectivity index (χ3v) is 6.32. The van der Waals surface area contributed by atoms with Gasteiger partial charge < -0.3 is 14.3 Å². The lowest BCUT2D eigenvalue weighted by Crippen LogP contribution is -2.20. The number of nitrogens with one attached hydrogen (secondary N) is 1. The molecular weight excluding hydrogens is 382 g/mol. The van der Waals surface area contributed by atoms with Crippen molar-refractivity contribution in [3.8, 4) is 0 Å². The summed E-state index contributed by atoms with van der Waals surface area (Å²) in [6.45, 7) is 1.99. The predicted octanol–water partition coefficient (Wildman–Crippen LogP) is 6.71. The van der Waals surface area contributed by atoms with Gasteiger partial charge in [0.15, 0.2) is 0 Å². The van der Waals surface area contributed by atoms with E-state index in [2.05, 4.69) is 75.6 Å². The summed E-state index contributed by atoms with van der Waals surface area (Å²) in [7, 11) is 1.82. The fourth-order valence-electron chi connectivity index (χ4n) is 4.98. The van der Waals surface area contributed by atoms with Crippen molar-refractivity contribution >= 4 is 49.4 Å². The first-order chi connectivity index (χ1) is 15.3. The predicted molar refractivity (Wildman–Crippen MR) is 130 cm³/mol. The smallest absolute Gasteiger partial charge is 0.141 e. The van der Waals surface area contributed by atoms with Gasteiger partial charge in [0.2, 0.25) is 0 Å². The number of furan rings is 1. The Labute approximate surface area is 180 Å². The van der Waals surface area contributed by atoms with Gasteiger partial charge in [-0.25, -0.2) is 0 Å². The van der Waals surface area contributed by atoms with Crippen LogP contribution < -0.4 is 5.32 Å². The summed E-state index contributed by atoms with van der Waals surface area (Å²) in [5, 5.41) is 9.48. The first-order valence-corrected chi connectivity index (χ1v) is 10.7. The molecule has 0 aliphatic heterocycles. The molecule has 1 atom stereocenters. The van der Waals surface area contributed by atoms with Crippen molar-refractivity contribution < 1.29 is 4.42 Å². The van der Waals surface area contributed by atoms with Gasteiger partial charge in [-0.05, 0) is 49.2 Å². The summed E-state index contributed by atoms with van der Waals surface area (Å²) in [6, 6.07) is 15.6. The Morgan fingerprint density at radius 2 is 2.06 bits per heavy atom. The fraction of sp³-hybridized carbons (Fsp3) is 0.148. The van der Waals surface area contributed by atoms with Crippen LogP contribution in [0.3, 0.4) is 0 Å². The van der Waals surface area contributed by atoms with E-state index in [9.17, 15) is 0 Å². The molecule has 1 aliphatic rings. The van der Waals surface area contributed by atoms with Crippen LogP contribution in [0.5, 0.6) is 0 Å². The van der Waals surface area contributed by atoms with Gasteiger partial charge in [-0.2, -0.15) is 0 Å². The highest BCUT2D eigenvalue weighted by Crippen LogP contribution is 2.43. The van der Waals surface area contributed by atoms with E-state index < -0.39 is 0 Å². The number of fused-ring (bicyclic) bond motifs is 2. The van der Waals surface area contributed by atoms with Crippen LogP contribution in [0.15, 0.2) is 94.2 Å². The van der Waals surface area contributed by atoms with Gasteiger partial charge in [-0.1, -0.05) is 42.5 Å². The first kappa shape index (κ1) is 18.0. The van der Waals surface area contributed by atoms with Crippen molar-refractivity contribution in [2.45, 2.75) is 19.4 Å². The average Bonchev–Trinajstić information content (AvgIpc) is 3.41. The minimum atomic E-state index is 0.245. The number of hydrogen-bond acceptors (Lipinski definition) is 2. The van der Waals surface area contributed by atoms with Crippen molar-refractivity contribution in [2.24, 2.45) is 4.99 Å². The molecule has 3 aromatic carbocycles. The van der Waals surface area contributed by atoms with E-state index in [4.69, 9.17) is 4.42 Å². The normalized spacial score (nSPS) is 17.7. The Balaban J connectivity index is 1.54. The Morgan fingerprint density at radius 1 is 1.13 bits per heavy atom. The quantitative estimate of drug-likeness (QED) is 0.206. The number of amidine groups is 1. The van der Waals surface area contributed by atoms with E-state index in [0.29, 0.717) is 0 Å². The molecule has 0 saturated carbocycles. The number of aliphatic imine (C=N–C) groups is 1. The van der Waals surface area contributed by atoms with E-state index in [1.54, 1.807) is 6.26 Å². The zero-order valence-electron chi connectivity index (χ0n) is 17.6. The zero-order valence-corrected chi connectivity index (χ0v) is 17.6. The number of aromatic nitrogens is 1. The Morgan fingerprint density at radius 3 is 2.87 bits per heavy atom. The van der Waals surface area contributed by atoms with Gasteiger partial charge in [0, 0.05) is 34.2 Å². The molecule has 0 fully saturated rings. The molecule has 2 aromatic heterocycles. The average molecular weight is 406 g/mol. The maximum Gasteiger partial charge on any atom is 0.141 e. The molecule has 4 heteroatoms. The van der Waals surface area contributed by atoms with E-state index in [-0.39, 0.29) is 6.04 Å². The SMILES string of the molecule is C/C=C\NC(=NC)C1=CCC(n2c3cccc4ccc5c6occc6cc2c5c43)C=C1. The van der Waals surface area contributed by atoms with Crippen LogP contribution in [-0.4, -0.2) is 17.5 Å². The maximum absolute atomic E-state index is 5.86. The van der Waals surface area contributed by atoms with Crippen LogP contribution in [0.2, 0.25) is 0 Å². The van der Waals surface area contributed by atoms with Crippen molar-refractivity contribution in [3.05, 3.63) is 84.8 Å². The van der Waals surface area contributed by atoms with E-state index in [1.165, 1.54) is 32.6 Å². The lowest BCUT2D eigenvalue weighted by molar-refractivity contribution is 0.619. The Bertz CT molecular complexity index is 1560. The second-order valence-corrected chi connectivity index (χ2v) is 8.01. The molecule has 0 spiro atoms. The monoisotopic (exact) mass is 405 g/mol. The molecule has 5 aromatic rings. The van der Waals surface area contributed by atoms with Gasteiger partial charge >= 0.3 is 0 Å². The lowest BCUT2D eigenvalue weighted by Gasteiger charge is -2.21. The molecule has 6 rings (SSSR count). The van der Waals surface area contributed by atoms with Crippen LogP contribution >= 0.6 is 0 Å². The minimum Gasteiger partial charge on any atom is -0.464 e. The van der Waals surface area contributed by atoms with E-state index in [0.717, 1.165) is 28.8 Å². The van der Waals surface area contributed by atoms with Crippen molar-refractivity contribution in [1.29, 1.82) is 0 Å². The Kier molecular flexibility index (Phi) is 4.00. The highest BCUT2D eigenvalue weighted by atomic mass is 16.3. The largest absolute Gasteiger partial charge is 0.464 e. The fourth-order valence-corrected chi connectivity index (χ4v) is 4.98. The molecule has 0 bridgehead atoms.